The molecule has 3 unspecified atom stereocenters. The van der Waals surface area contributed by atoms with Gasteiger partial charge in [-0.2, -0.15) is 0 Å². The Hall–Kier alpha value is -2.89. The predicted molar refractivity (Wildman–Crippen MR) is 185 cm³/mol. The number of fused-ring (bicyclic) bond motifs is 5. The lowest BCUT2D eigenvalue weighted by Gasteiger charge is -2.63. The molecule has 2 aromatic carbocycles. The largest absolute Gasteiger partial charge is 0.490 e. The fraction of sp³-hybridized carbons (Fsp3) is 0.675. The molecule has 10 atom stereocenters. The van der Waals surface area contributed by atoms with Crippen molar-refractivity contribution in [1.82, 2.24) is 0 Å². The minimum Gasteiger partial charge on any atom is -0.490 e. The molecule has 46 heavy (non-hydrogen) atoms. The summed E-state index contributed by atoms with van der Waals surface area (Å²) in [4.78, 5) is 12.4. The van der Waals surface area contributed by atoms with Crippen molar-refractivity contribution in [2.75, 3.05) is 18.1 Å². The fourth-order valence-corrected chi connectivity index (χ4v) is 10.9. The van der Waals surface area contributed by atoms with Gasteiger partial charge in [0.2, 0.25) is 0 Å². The molecule has 252 valence electrons. The van der Waals surface area contributed by atoms with Crippen LogP contribution in [-0.4, -0.2) is 24.8 Å². The fourth-order valence-electron chi connectivity index (χ4n) is 10.9. The summed E-state index contributed by atoms with van der Waals surface area (Å²) >= 11 is 0. The highest BCUT2D eigenvalue weighted by molar-refractivity contribution is 5.69. The molecule has 6 nitrogen and oxygen atoms in total. The zero-order valence-electron chi connectivity index (χ0n) is 28.7. The number of anilines is 2. The number of unbranched alkanes of at least 4 members (excludes halogenated alkanes) is 1. The zero-order chi connectivity index (χ0) is 32.5. The number of benzene rings is 2. The van der Waals surface area contributed by atoms with E-state index in [0.717, 1.165) is 61.4 Å². The molecule has 0 aromatic heterocycles. The number of hydrogen-bond acceptors (Lipinski definition) is 6. The first-order valence-electron chi connectivity index (χ1n) is 18.3. The van der Waals surface area contributed by atoms with Crippen LogP contribution in [0.15, 0.2) is 48.5 Å². The number of nitrogen functional groups attached to an aromatic ring is 2. The summed E-state index contributed by atoms with van der Waals surface area (Å²) in [5.74, 6) is 5.49. The minimum absolute atomic E-state index is 0.0198. The van der Waals surface area contributed by atoms with Crippen molar-refractivity contribution < 1.29 is 19.0 Å². The van der Waals surface area contributed by atoms with Crippen molar-refractivity contribution in [3.05, 3.63) is 48.5 Å². The van der Waals surface area contributed by atoms with Gasteiger partial charge in [0.1, 0.15) is 17.6 Å². The number of rotatable bonds is 11. The van der Waals surface area contributed by atoms with E-state index >= 15 is 0 Å². The van der Waals surface area contributed by atoms with Crippen LogP contribution in [-0.2, 0) is 9.53 Å². The molecule has 0 saturated heterocycles. The molecule has 4 fully saturated rings. The molecule has 6 rings (SSSR count). The topological polar surface area (TPSA) is 96.8 Å². The third-order valence-electron chi connectivity index (χ3n) is 13.3. The van der Waals surface area contributed by atoms with Gasteiger partial charge in [-0.25, -0.2) is 0 Å². The van der Waals surface area contributed by atoms with Gasteiger partial charge in [0.05, 0.1) is 12.7 Å². The lowest BCUT2D eigenvalue weighted by Crippen LogP contribution is -2.59. The van der Waals surface area contributed by atoms with Crippen LogP contribution in [0.25, 0.3) is 0 Å². The Labute approximate surface area is 277 Å². The van der Waals surface area contributed by atoms with E-state index < -0.39 is 0 Å². The lowest BCUT2D eigenvalue weighted by atomic mass is 9.43. The average molecular weight is 631 g/mol. The van der Waals surface area contributed by atoms with Crippen molar-refractivity contribution in [3.8, 4) is 11.5 Å². The van der Waals surface area contributed by atoms with Gasteiger partial charge in [-0.1, -0.05) is 34.1 Å². The van der Waals surface area contributed by atoms with E-state index in [1.807, 2.05) is 48.5 Å². The van der Waals surface area contributed by atoms with Crippen LogP contribution in [0.4, 0.5) is 11.4 Å². The Morgan fingerprint density at radius 2 is 1.46 bits per heavy atom. The monoisotopic (exact) mass is 630 g/mol. The van der Waals surface area contributed by atoms with Crippen molar-refractivity contribution in [2.45, 2.75) is 117 Å². The number of carbonyl (C=O) groups is 1. The van der Waals surface area contributed by atoms with Crippen LogP contribution < -0.4 is 20.9 Å². The Balaban J connectivity index is 1.20. The van der Waals surface area contributed by atoms with Crippen LogP contribution in [0, 0.1) is 46.3 Å². The van der Waals surface area contributed by atoms with Gasteiger partial charge < -0.3 is 25.7 Å². The molecular formula is C40H58N2O4. The molecule has 4 saturated carbocycles. The summed E-state index contributed by atoms with van der Waals surface area (Å²) in [7, 11) is 0. The molecule has 2 aromatic rings. The number of carbonyl (C=O) groups excluding carboxylic acids is 1. The van der Waals surface area contributed by atoms with E-state index in [1.54, 1.807) is 0 Å². The number of nitrogens with two attached hydrogens (primary N) is 2. The second-order valence-corrected chi connectivity index (χ2v) is 15.9. The first kappa shape index (κ1) is 33.0. The third kappa shape index (κ3) is 6.60. The summed E-state index contributed by atoms with van der Waals surface area (Å²) in [6, 6.07) is 15.8. The quantitative estimate of drug-likeness (QED) is 0.146. The normalized spacial score (nSPS) is 35.7. The predicted octanol–water partition coefficient (Wildman–Crippen LogP) is 9.07. The Morgan fingerprint density at radius 3 is 2.13 bits per heavy atom. The van der Waals surface area contributed by atoms with E-state index in [-0.39, 0.29) is 23.6 Å². The van der Waals surface area contributed by atoms with Gasteiger partial charge in [-0.15, -0.1) is 0 Å². The van der Waals surface area contributed by atoms with Crippen molar-refractivity contribution in [3.63, 3.8) is 0 Å². The van der Waals surface area contributed by atoms with E-state index in [1.165, 1.54) is 32.1 Å². The molecule has 4 N–H and O–H groups in total. The second kappa shape index (κ2) is 13.7. The van der Waals surface area contributed by atoms with E-state index in [4.69, 9.17) is 25.7 Å². The molecule has 0 bridgehead atoms. The van der Waals surface area contributed by atoms with Crippen LogP contribution >= 0.6 is 0 Å². The third-order valence-corrected chi connectivity index (χ3v) is 13.3. The molecule has 0 aliphatic heterocycles. The van der Waals surface area contributed by atoms with Gasteiger partial charge >= 0.3 is 5.97 Å². The van der Waals surface area contributed by atoms with Crippen LogP contribution in [0.5, 0.6) is 11.5 Å². The highest BCUT2D eigenvalue weighted by Crippen LogP contribution is 2.68. The highest BCUT2D eigenvalue weighted by Gasteiger charge is 2.63. The maximum Gasteiger partial charge on any atom is 0.305 e. The summed E-state index contributed by atoms with van der Waals surface area (Å²) in [5.41, 5.74) is 14.1. The Morgan fingerprint density at radius 1 is 0.826 bits per heavy atom. The van der Waals surface area contributed by atoms with Gasteiger partial charge in [0.15, 0.2) is 0 Å². The standard InChI is InChI=1S/C40H58N2O4/c1-5-6-23-44-38(43)18-7-26(2)33-16-17-34-32-25-37(46-30-14-10-28(42)11-15-30)36-24-31(45-29-12-8-27(41)9-13-29)19-21-40(36,4)35(32)20-22-39(33,34)3/h8-15,26,31-37H,5-7,16-25,41-42H2,1-4H3/t26-,31?,32+,33-,34+,35+,36?,37?,39-,40-/m1/s1. The molecular weight excluding hydrogens is 572 g/mol. The first-order valence-corrected chi connectivity index (χ1v) is 18.3. The van der Waals surface area contributed by atoms with E-state index in [0.29, 0.717) is 54.0 Å². The Kier molecular flexibility index (Phi) is 9.83. The smallest absolute Gasteiger partial charge is 0.305 e. The van der Waals surface area contributed by atoms with E-state index in [2.05, 4.69) is 27.7 Å². The minimum atomic E-state index is -0.0198. The zero-order valence-corrected chi connectivity index (χ0v) is 28.7. The van der Waals surface area contributed by atoms with Crippen molar-refractivity contribution in [2.24, 2.45) is 46.3 Å². The molecule has 4 aliphatic rings. The molecule has 6 heteroatoms. The maximum atomic E-state index is 12.4. The summed E-state index contributed by atoms with van der Waals surface area (Å²) in [6.45, 7) is 10.3. The second-order valence-electron chi connectivity index (χ2n) is 15.9. The SMILES string of the molecule is CCCCOC(=O)CC[C@@H](C)[C@H]1CC[C@H]2[C@@H]3CC(Oc4ccc(N)cc4)C4CC(Oc5ccc(N)cc5)CC[C@]4(C)[C@H]3CC[C@]12C. The first-order chi connectivity index (χ1) is 22.1. The highest BCUT2D eigenvalue weighted by atomic mass is 16.5. The van der Waals surface area contributed by atoms with Crippen LogP contribution in [0.3, 0.4) is 0 Å². The molecule has 0 amide bonds. The molecule has 0 radical (unpaired) electrons. The van der Waals surface area contributed by atoms with Crippen LogP contribution in [0.1, 0.15) is 105 Å². The van der Waals surface area contributed by atoms with Gasteiger partial charge in [-0.05, 0) is 153 Å². The lowest BCUT2D eigenvalue weighted by molar-refractivity contribution is -0.164. The summed E-state index contributed by atoms with van der Waals surface area (Å²) in [5, 5.41) is 0. The van der Waals surface area contributed by atoms with Gasteiger partial charge in [0.25, 0.3) is 0 Å². The maximum absolute atomic E-state index is 12.4. The van der Waals surface area contributed by atoms with E-state index in [9.17, 15) is 4.79 Å². The van der Waals surface area contributed by atoms with Crippen molar-refractivity contribution in [1.29, 1.82) is 0 Å². The number of esters is 1. The number of ether oxygens (including phenoxy) is 3. The molecule has 4 aliphatic carbocycles. The Bertz CT molecular complexity index is 1310. The van der Waals surface area contributed by atoms with Crippen molar-refractivity contribution >= 4 is 17.3 Å². The summed E-state index contributed by atoms with van der Waals surface area (Å²) in [6.07, 6.45) is 13.3. The summed E-state index contributed by atoms with van der Waals surface area (Å²) < 4.78 is 19.1. The molecule has 0 spiro atoms. The average Bonchev–Trinajstić information content (AvgIpc) is 3.40. The molecule has 0 heterocycles. The van der Waals surface area contributed by atoms with Gasteiger partial charge in [0, 0.05) is 23.7 Å². The van der Waals surface area contributed by atoms with Gasteiger partial charge in [-0.3, -0.25) is 4.79 Å². The van der Waals surface area contributed by atoms with Crippen LogP contribution in [0.2, 0.25) is 0 Å². The number of hydrogen-bond donors (Lipinski definition) is 2.